The topological polar surface area (TPSA) is 26.3 Å². The van der Waals surface area contributed by atoms with E-state index in [9.17, 15) is 4.21 Å². The number of rotatable bonds is 0. The lowest BCUT2D eigenvalue weighted by Crippen LogP contribution is -1.82. The van der Waals surface area contributed by atoms with Gasteiger partial charge in [0.05, 0.1) is 11.5 Å². The molecule has 0 aliphatic carbocycles. The van der Waals surface area contributed by atoms with Crippen LogP contribution < -0.4 is 0 Å². The van der Waals surface area contributed by atoms with Gasteiger partial charge in [0, 0.05) is 0 Å². The number of benzene rings is 1. The fraction of sp³-hybridized carbons (Fsp3) is 0.143. The summed E-state index contributed by atoms with van der Waals surface area (Å²) >= 11 is -1.20. The predicted octanol–water partition coefficient (Wildman–Crippen LogP) is 1.24. The molecule has 0 aromatic heterocycles. The third kappa shape index (κ3) is 0.786. The minimum Gasteiger partial charge on any atom is -0.282 e. The predicted molar refractivity (Wildman–Crippen MR) is 37.6 cm³/mol. The van der Waals surface area contributed by atoms with Crippen molar-refractivity contribution in [3.63, 3.8) is 0 Å². The van der Waals surface area contributed by atoms with Crippen molar-refractivity contribution in [1.29, 1.82) is 0 Å². The molecule has 52 valence electrons. The fourth-order valence-corrected chi connectivity index (χ4v) is 1.86. The number of fused-ring (bicyclic) bond motifs is 1. The first-order valence-corrected chi connectivity index (χ1v) is 4.08. The molecule has 10 heavy (non-hydrogen) atoms. The summed E-state index contributed by atoms with van der Waals surface area (Å²) in [5.74, 6) is 0. The molecule has 0 amide bonds. The van der Waals surface area contributed by atoms with E-state index in [0.717, 1.165) is 10.5 Å². The molecule has 0 N–H and O–H groups in total. The molecule has 1 atom stereocenters. The molecule has 2 nitrogen and oxygen atoms in total. The van der Waals surface area contributed by atoms with Crippen LogP contribution in [0.3, 0.4) is 0 Å². The molecule has 1 aliphatic heterocycles. The van der Waals surface area contributed by atoms with Crippen LogP contribution in [0.2, 0.25) is 0 Å². The lowest BCUT2D eigenvalue weighted by atomic mass is 10.2. The Morgan fingerprint density at radius 1 is 1.40 bits per heavy atom. The Labute approximate surface area is 61.5 Å². The van der Waals surface area contributed by atoms with Crippen LogP contribution >= 0.6 is 0 Å². The van der Waals surface area contributed by atoms with Gasteiger partial charge < -0.3 is 0 Å². The van der Waals surface area contributed by atoms with E-state index in [4.69, 9.17) is 4.18 Å². The summed E-state index contributed by atoms with van der Waals surface area (Å²) in [6.07, 6.45) is 0. The van der Waals surface area contributed by atoms with Crippen LogP contribution in [0.4, 0.5) is 0 Å². The van der Waals surface area contributed by atoms with Crippen LogP contribution in [0.1, 0.15) is 5.56 Å². The molecule has 0 fully saturated rings. The molecule has 0 radical (unpaired) electrons. The third-order valence-corrected chi connectivity index (χ3v) is 2.56. The zero-order valence-electron chi connectivity index (χ0n) is 5.24. The zero-order chi connectivity index (χ0) is 6.97. The highest BCUT2D eigenvalue weighted by Crippen LogP contribution is 2.22. The van der Waals surface area contributed by atoms with Crippen molar-refractivity contribution >= 4 is 11.1 Å². The zero-order valence-corrected chi connectivity index (χ0v) is 6.06. The van der Waals surface area contributed by atoms with Crippen LogP contribution in [-0.4, -0.2) is 4.21 Å². The SMILES string of the molecule is O=[S@]1OCc2ccccc21. The summed E-state index contributed by atoms with van der Waals surface area (Å²) in [7, 11) is 0. The fourth-order valence-electron chi connectivity index (χ4n) is 0.966. The monoisotopic (exact) mass is 154 g/mol. The largest absolute Gasteiger partial charge is 0.282 e. The third-order valence-electron chi connectivity index (χ3n) is 1.47. The van der Waals surface area contributed by atoms with Gasteiger partial charge in [0.15, 0.2) is 11.1 Å². The van der Waals surface area contributed by atoms with Crippen molar-refractivity contribution < 1.29 is 8.39 Å². The Bertz CT molecular complexity index is 283. The normalized spacial score (nSPS) is 22.6. The molecule has 0 saturated carbocycles. The molecule has 1 aliphatic rings. The maximum absolute atomic E-state index is 11.0. The van der Waals surface area contributed by atoms with Crippen molar-refractivity contribution in [2.45, 2.75) is 11.5 Å². The van der Waals surface area contributed by atoms with E-state index in [1.54, 1.807) is 0 Å². The van der Waals surface area contributed by atoms with Crippen LogP contribution in [0, 0.1) is 0 Å². The summed E-state index contributed by atoms with van der Waals surface area (Å²) in [6.45, 7) is 0.489. The molecule has 0 unspecified atom stereocenters. The van der Waals surface area contributed by atoms with Gasteiger partial charge >= 0.3 is 0 Å². The molecular formula is C7H6O2S. The number of hydrogen-bond acceptors (Lipinski definition) is 2. The van der Waals surface area contributed by atoms with E-state index < -0.39 is 11.1 Å². The smallest absolute Gasteiger partial charge is 0.189 e. The molecule has 0 saturated heterocycles. The van der Waals surface area contributed by atoms with E-state index >= 15 is 0 Å². The Morgan fingerprint density at radius 2 is 2.20 bits per heavy atom. The van der Waals surface area contributed by atoms with Gasteiger partial charge in [0.1, 0.15) is 0 Å². The van der Waals surface area contributed by atoms with Crippen LogP contribution in [0.5, 0.6) is 0 Å². The first-order valence-electron chi connectivity index (χ1n) is 3.01. The van der Waals surface area contributed by atoms with Crippen LogP contribution in [0.25, 0.3) is 0 Å². The van der Waals surface area contributed by atoms with Crippen molar-refractivity contribution in [3.8, 4) is 0 Å². The second-order valence-corrected chi connectivity index (χ2v) is 3.25. The average molecular weight is 154 g/mol. The summed E-state index contributed by atoms with van der Waals surface area (Å²) in [4.78, 5) is 0.822. The molecule has 3 heteroatoms. The van der Waals surface area contributed by atoms with Gasteiger partial charge in [-0.3, -0.25) is 4.18 Å². The number of hydrogen-bond donors (Lipinski definition) is 0. The van der Waals surface area contributed by atoms with Gasteiger partial charge in [-0.25, -0.2) is 4.21 Å². The van der Waals surface area contributed by atoms with Gasteiger partial charge in [-0.2, -0.15) is 0 Å². The highest BCUT2D eigenvalue weighted by atomic mass is 32.2. The Kier molecular flexibility index (Phi) is 1.32. The lowest BCUT2D eigenvalue weighted by Gasteiger charge is -1.89. The molecule has 0 spiro atoms. The Hall–Kier alpha value is -0.670. The summed E-state index contributed by atoms with van der Waals surface area (Å²) in [6, 6.07) is 7.55. The highest BCUT2D eigenvalue weighted by Gasteiger charge is 2.17. The Morgan fingerprint density at radius 3 is 3.00 bits per heavy atom. The quantitative estimate of drug-likeness (QED) is 0.562. The van der Waals surface area contributed by atoms with Gasteiger partial charge in [0.25, 0.3) is 0 Å². The van der Waals surface area contributed by atoms with E-state index in [1.165, 1.54) is 0 Å². The van der Waals surface area contributed by atoms with E-state index in [-0.39, 0.29) is 0 Å². The molecule has 1 aromatic rings. The lowest BCUT2D eigenvalue weighted by molar-refractivity contribution is 0.355. The summed E-state index contributed by atoms with van der Waals surface area (Å²) in [5.41, 5.74) is 1.04. The molecule has 1 heterocycles. The van der Waals surface area contributed by atoms with Crippen molar-refractivity contribution in [2.75, 3.05) is 0 Å². The maximum Gasteiger partial charge on any atom is 0.189 e. The summed E-state index contributed by atoms with van der Waals surface area (Å²) < 4.78 is 15.8. The average Bonchev–Trinajstić information content (AvgIpc) is 2.34. The van der Waals surface area contributed by atoms with Gasteiger partial charge in [0.2, 0.25) is 0 Å². The summed E-state index contributed by atoms with van der Waals surface area (Å²) in [5, 5.41) is 0. The molecule has 0 bridgehead atoms. The maximum atomic E-state index is 11.0. The molecule has 1 aromatic carbocycles. The molecular weight excluding hydrogens is 148 g/mol. The van der Waals surface area contributed by atoms with Crippen molar-refractivity contribution in [3.05, 3.63) is 29.8 Å². The van der Waals surface area contributed by atoms with Crippen molar-refractivity contribution in [1.82, 2.24) is 0 Å². The Balaban J connectivity index is 2.61. The van der Waals surface area contributed by atoms with Gasteiger partial charge in [-0.05, 0) is 11.6 Å². The minimum atomic E-state index is -1.20. The van der Waals surface area contributed by atoms with Crippen molar-refractivity contribution in [2.24, 2.45) is 0 Å². The van der Waals surface area contributed by atoms with E-state index in [1.807, 2.05) is 24.3 Å². The van der Waals surface area contributed by atoms with E-state index in [0.29, 0.717) is 6.61 Å². The first kappa shape index (κ1) is 6.07. The minimum absolute atomic E-state index is 0.489. The highest BCUT2D eigenvalue weighted by molar-refractivity contribution is 7.80. The second-order valence-electron chi connectivity index (χ2n) is 2.10. The van der Waals surface area contributed by atoms with Gasteiger partial charge in [-0.15, -0.1) is 0 Å². The second kappa shape index (κ2) is 2.18. The van der Waals surface area contributed by atoms with E-state index in [2.05, 4.69) is 0 Å². The molecule has 2 rings (SSSR count). The van der Waals surface area contributed by atoms with Crippen LogP contribution in [-0.2, 0) is 21.9 Å². The first-order chi connectivity index (χ1) is 4.88. The van der Waals surface area contributed by atoms with Gasteiger partial charge in [-0.1, -0.05) is 18.2 Å². The standard InChI is InChI=1S/C7H6O2S/c8-10-7-4-2-1-3-6(7)5-9-10/h1-4H,5H2/t10-/m0/s1. The van der Waals surface area contributed by atoms with Crippen LogP contribution in [0.15, 0.2) is 29.2 Å².